The maximum atomic E-state index is 14.2. The smallest absolute Gasteiger partial charge is 0.409 e. The van der Waals surface area contributed by atoms with Crippen LogP contribution in [-0.2, 0) is 47.9 Å². The summed E-state index contributed by atoms with van der Waals surface area (Å²) in [5.74, 6) is -0.706. The highest BCUT2D eigenvalue weighted by molar-refractivity contribution is 6.69. The molecule has 3 aliphatic heterocycles. The minimum absolute atomic E-state index is 0.0594. The number of fused-ring (bicyclic) bond motifs is 5. The van der Waals surface area contributed by atoms with E-state index >= 15 is 0 Å². The molecule has 1 aromatic heterocycles. The number of aryl methyl sites for hydroxylation is 1. The number of amides is 2. The van der Waals surface area contributed by atoms with E-state index in [1.165, 1.54) is 23.8 Å². The van der Waals surface area contributed by atoms with Crippen molar-refractivity contribution in [2.24, 2.45) is 5.41 Å². The van der Waals surface area contributed by atoms with Gasteiger partial charge in [0, 0.05) is 32.2 Å². The number of nitrogens with zero attached hydrogens (tertiary/aromatic N) is 4. The topological polar surface area (TPSA) is 187 Å². The lowest BCUT2D eigenvalue weighted by molar-refractivity contribution is -0.155. The molecule has 17 heteroatoms. The summed E-state index contributed by atoms with van der Waals surface area (Å²) < 4.78 is 30.9. The molecule has 0 aliphatic carbocycles. The summed E-state index contributed by atoms with van der Waals surface area (Å²) in [5.41, 5.74) is -1.18. The number of aliphatic hydroxyl groups is 1. The standard InChI is InChI=1S/C38H54ClN5O10Si/c1-23-12-10-14-28(51-7)38(48)20-30(53-35(47)40-38)36(2,3)34-37(4,54-34)29(19-31(45)43(5)26-17-24(16-23)18-27(50-6)33(26)39)52-32(46)22-44-21-25(41-42-44)13-11-15-55(8,9)49/h10,12,14,17-18,21,28-30,34,48-49H,11,13,15-16,19-20,22H2,1-9H3,(H,40,47)/b14-10+,23-12+/t28-,29+,30+,34+,37-,38+/m1/s1. The highest BCUT2D eigenvalue weighted by Crippen LogP contribution is 2.54. The van der Waals surface area contributed by atoms with Crippen molar-refractivity contribution in [2.75, 3.05) is 26.2 Å². The molecular formula is C38H54ClN5O10Si. The van der Waals surface area contributed by atoms with Gasteiger partial charge in [-0.25, -0.2) is 9.48 Å². The van der Waals surface area contributed by atoms with E-state index < -0.39 is 67.4 Å². The number of hydrogen-bond donors (Lipinski definition) is 3. The first-order chi connectivity index (χ1) is 25.7. The van der Waals surface area contributed by atoms with Crippen LogP contribution in [0.15, 0.2) is 42.1 Å². The summed E-state index contributed by atoms with van der Waals surface area (Å²) in [6.45, 7) is 10.8. The second-order valence-electron chi connectivity index (χ2n) is 16.2. The number of hydrogen-bond acceptors (Lipinski definition) is 12. The fourth-order valence-corrected chi connectivity index (χ4v) is 8.81. The zero-order chi connectivity index (χ0) is 40.5. The number of rotatable bonds is 9. The molecular weight excluding hydrogens is 750 g/mol. The molecule has 5 rings (SSSR count). The number of methoxy groups -OCH3 is 2. The molecule has 0 radical (unpaired) electrons. The summed E-state index contributed by atoms with van der Waals surface area (Å²) >= 11 is 6.78. The van der Waals surface area contributed by atoms with E-state index in [1.54, 1.807) is 38.4 Å². The number of esters is 1. The molecule has 302 valence electrons. The minimum Gasteiger partial charge on any atom is -0.495 e. The van der Waals surface area contributed by atoms with Crippen molar-refractivity contribution < 1.29 is 48.0 Å². The number of carbonyl (C=O) groups excluding carboxylic acids is 3. The van der Waals surface area contributed by atoms with Crippen molar-refractivity contribution in [3.8, 4) is 5.75 Å². The Hall–Kier alpha value is -3.80. The van der Waals surface area contributed by atoms with Crippen molar-refractivity contribution in [3.63, 3.8) is 0 Å². The van der Waals surface area contributed by atoms with Crippen LogP contribution in [0.4, 0.5) is 10.5 Å². The molecule has 1 aromatic carbocycles. The Balaban J connectivity index is 1.49. The summed E-state index contributed by atoms with van der Waals surface area (Å²) in [6.07, 6.45) is 3.94. The molecule has 0 spiro atoms. The van der Waals surface area contributed by atoms with Crippen LogP contribution in [0.3, 0.4) is 0 Å². The fraction of sp³-hybridized carbons (Fsp3) is 0.605. The molecule has 0 unspecified atom stereocenters. The number of aromatic nitrogens is 3. The number of nitrogens with one attached hydrogen (secondary N) is 1. The van der Waals surface area contributed by atoms with Crippen molar-refractivity contribution in [1.82, 2.24) is 20.3 Å². The highest BCUT2D eigenvalue weighted by Gasteiger charge is 2.68. The van der Waals surface area contributed by atoms with Gasteiger partial charge >= 0.3 is 12.1 Å². The molecule has 55 heavy (non-hydrogen) atoms. The first-order valence-corrected chi connectivity index (χ1v) is 21.9. The lowest BCUT2D eigenvalue weighted by Crippen LogP contribution is -2.65. The van der Waals surface area contributed by atoms with E-state index in [-0.39, 0.29) is 24.4 Å². The van der Waals surface area contributed by atoms with Crippen LogP contribution in [-0.4, -0.2) is 108 Å². The predicted molar refractivity (Wildman–Crippen MR) is 206 cm³/mol. The summed E-state index contributed by atoms with van der Waals surface area (Å²) in [4.78, 5) is 52.4. The Labute approximate surface area is 328 Å². The molecule has 2 amide bonds. The van der Waals surface area contributed by atoms with Gasteiger partial charge in [-0.1, -0.05) is 54.5 Å². The average molecular weight is 804 g/mol. The van der Waals surface area contributed by atoms with Gasteiger partial charge in [0.05, 0.1) is 31.0 Å². The van der Waals surface area contributed by atoms with Gasteiger partial charge < -0.3 is 38.5 Å². The van der Waals surface area contributed by atoms with Gasteiger partial charge in [0.2, 0.25) is 5.91 Å². The van der Waals surface area contributed by atoms with E-state index in [1.807, 2.05) is 46.0 Å². The van der Waals surface area contributed by atoms with Crippen LogP contribution in [0.25, 0.3) is 0 Å². The fourth-order valence-electron chi connectivity index (χ4n) is 7.46. The summed E-state index contributed by atoms with van der Waals surface area (Å²) in [7, 11) is 2.32. The summed E-state index contributed by atoms with van der Waals surface area (Å²) in [6, 6.07) is 4.32. The monoisotopic (exact) mass is 803 g/mol. The number of epoxide rings is 1. The quantitative estimate of drug-likeness (QED) is 0.184. The maximum Gasteiger partial charge on any atom is 0.409 e. The number of halogens is 1. The zero-order valence-corrected chi connectivity index (χ0v) is 34.8. The van der Waals surface area contributed by atoms with Gasteiger partial charge in [0.15, 0.2) is 14.0 Å². The molecule has 4 bridgehead atoms. The van der Waals surface area contributed by atoms with Gasteiger partial charge in [-0.2, -0.15) is 0 Å². The predicted octanol–water partition coefficient (Wildman–Crippen LogP) is 4.48. The third-order valence-electron chi connectivity index (χ3n) is 10.7. The Bertz CT molecular complexity index is 1830. The lowest BCUT2D eigenvalue weighted by Gasteiger charge is -2.45. The van der Waals surface area contributed by atoms with Gasteiger partial charge in [0.1, 0.15) is 41.2 Å². The van der Waals surface area contributed by atoms with Crippen molar-refractivity contribution >= 4 is 43.6 Å². The van der Waals surface area contributed by atoms with Crippen LogP contribution in [0.2, 0.25) is 24.2 Å². The van der Waals surface area contributed by atoms with Gasteiger partial charge in [-0.05, 0) is 69.9 Å². The van der Waals surface area contributed by atoms with Crippen LogP contribution in [0.5, 0.6) is 5.75 Å². The Kier molecular flexibility index (Phi) is 12.6. The van der Waals surface area contributed by atoms with E-state index in [4.69, 9.17) is 35.3 Å². The molecule has 6 atom stereocenters. The number of anilines is 1. The van der Waals surface area contributed by atoms with Crippen LogP contribution >= 0.6 is 11.6 Å². The number of alkyl carbamates (subject to hydrolysis) is 1. The zero-order valence-electron chi connectivity index (χ0n) is 33.1. The average Bonchev–Trinajstić information content (AvgIpc) is 3.63. The summed E-state index contributed by atoms with van der Waals surface area (Å²) in [5, 5.41) is 22.9. The van der Waals surface area contributed by atoms with Gasteiger partial charge in [-0.15, -0.1) is 5.10 Å². The van der Waals surface area contributed by atoms with Gasteiger partial charge in [0.25, 0.3) is 0 Å². The molecule has 3 aliphatic rings. The Morgan fingerprint density at radius 1 is 1.20 bits per heavy atom. The normalized spacial score (nSPS) is 30.0. The van der Waals surface area contributed by atoms with Crippen molar-refractivity contribution in [3.05, 3.63) is 58.4 Å². The van der Waals surface area contributed by atoms with Gasteiger partial charge in [-0.3, -0.25) is 14.9 Å². The molecule has 0 saturated carbocycles. The second-order valence-corrected chi connectivity index (χ2v) is 20.7. The van der Waals surface area contributed by atoms with Crippen molar-refractivity contribution in [1.29, 1.82) is 0 Å². The SMILES string of the molecule is COc1cc2cc(c1Cl)N(C)C(=O)C[C@H](OC(=O)Cn1cc(CCC[Si](C)(C)O)nn1)[C@@]1(C)O[C@H]1C(C)(C)[C@@H]1C[C@@](O)(NC(=O)O1)[C@H](OC)/C=C/C=C(\C)C2. The first-order valence-electron chi connectivity index (χ1n) is 18.4. The molecule has 15 nitrogen and oxygen atoms in total. The first kappa shape index (κ1) is 42.3. The Morgan fingerprint density at radius 3 is 2.60 bits per heavy atom. The van der Waals surface area contributed by atoms with E-state index in [0.29, 0.717) is 36.0 Å². The Morgan fingerprint density at radius 2 is 1.93 bits per heavy atom. The molecule has 3 N–H and O–H groups in total. The highest BCUT2D eigenvalue weighted by atomic mass is 35.5. The number of benzene rings is 1. The van der Waals surface area contributed by atoms with Crippen LogP contribution < -0.4 is 15.0 Å². The number of carbonyl (C=O) groups is 3. The third-order valence-corrected chi connectivity index (χ3v) is 12.6. The number of allylic oxidation sites excluding steroid dienone is 3. The van der Waals surface area contributed by atoms with Crippen molar-refractivity contribution in [2.45, 2.75) is 121 Å². The largest absolute Gasteiger partial charge is 0.495 e. The third kappa shape index (κ3) is 9.78. The number of ether oxygens (including phenoxy) is 5. The van der Waals surface area contributed by atoms with E-state index in [0.717, 1.165) is 17.6 Å². The van der Waals surface area contributed by atoms with E-state index in [9.17, 15) is 24.3 Å². The second kappa shape index (κ2) is 16.4. The molecule has 2 fully saturated rings. The molecule has 2 saturated heterocycles. The van der Waals surface area contributed by atoms with Crippen LogP contribution in [0, 0.1) is 5.41 Å². The lowest BCUT2D eigenvalue weighted by atomic mass is 9.73. The maximum absolute atomic E-state index is 14.2. The molecule has 2 aromatic rings. The molecule has 4 heterocycles. The minimum atomic E-state index is -2.21. The van der Waals surface area contributed by atoms with E-state index in [2.05, 4.69) is 15.6 Å². The van der Waals surface area contributed by atoms with Crippen LogP contribution in [0.1, 0.15) is 58.2 Å².